The van der Waals surface area contributed by atoms with Crippen molar-refractivity contribution in [3.63, 3.8) is 0 Å². The van der Waals surface area contributed by atoms with Crippen molar-refractivity contribution in [2.75, 3.05) is 32.7 Å². The van der Waals surface area contributed by atoms with Crippen molar-refractivity contribution in [1.29, 1.82) is 0 Å². The average Bonchev–Trinajstić information content (AvgIpc) is 2.74. The normalized spacial score (nSPS) is 23.4. The molecule has 2 N–H and O–H groups in total. The van der Waals surface area contributed by atoms with Gasteiger partial charge in [0.15, 0.2) is 0 Å². The van der Waals surface area contributed by atoms with E-state index in [4.69, 9.17) is 0 Å². The van der Waals surface area contributed by atoms with Crippen LogP contribution in [-0.4, -0.2) is 49.6 Å². The molecule has 22 heavy (non-hydrogen) atoms. The molecule has 4 nitrogen and oxygen atoms in total. The standard InChI is InChI=1S/C16H31N3O.2ClH/c1-14(19-11-5-3-4-6-12-19)15(20)18-13-16(2)7-9-17-10-8-16;;/h14,17H,3-13H2,1-2H3,(H,18,20);2*1H. The number of rotatable bonds is 4. The number of hydrogen-bond acceptors (Lipinski definition) is 3. The fourth-order valence-corrected chi connectivity index (χ4v) is 3.30. The SMILES string of the molecule is CC(C(=O)NCC1(C)CCNCC1)N1CCCCCC1.Cl.Cl. The van der Waals surface area contributed by atoms with Crippen LogP contribution in [0.15, 0.2) is 0 Å². The van der Waals surface area contributed by atoms with Crippen molar-refractivity contribution in [3.8, 4) is 0 Å². The summed E-state index contributed by atoms with van der Waals surface area (Å²) in [7, 11) is 0. The molecule has 2 fully saturated rings. The van der Waals surface area contributed by atoms with E-state index in [1.54, 1.807) is 0 Å². The van der Waals surface area contributed by atoms with E-state index >= 15 is 0 Å². The first-order chi connectivity index (χ1) is 9.61. The zero-order valence-electron chi connectivity index (χ0n) is 14.0. The van der Waals surface area contributed by atoms with Crippen molar-refractivity contribution < 1.29 is 4.79 Å². The molecule has 0 aromatic heterocycles. The summed E-state index contributed by atoms with van der Waals surface area (Å²) >= 11 is 0. The lowest BCUT2D eigenvalue weighted by atomic mass is 9.81. The molecule has 0 spiro atoms. The van der Waals surface area contributed by atoms with Gasteiger partial charge < -0.3 is 10.6 Å². The monoisotopic (exact) mass is 353 g/mol. The molecule has 1 atom stereocenters. The van der Waals surface area contributed by atoms with E-state index in [-0.39, 0.29) is 42.2 Å². The first kappa shape index (κ1) is 22.0. The van der Waals surface area contributed by atoms with E-state index in [2.05, 4.69) is 29.4 Å². The maximum atomic E-state index is 12.4. The van der Waals surface area contributed by atoms with E-state index in [0.717, 1.165) is 45.6 Å². The molecule has 132 valence electrons. The second-order valence-corrected chi connectivity index (χ2v) is 6.90. The smallest absolute Gasteiger partial charge is 0.237 e. The third-order valence-corrected chi connectivity index (χ3v) is 5.07. The molecular weight excluding hydrogens is 321 g/mol. The highest BCUT2D eigenvalue weighted by atomic mass is 35.5. The fraction of sp³-hybridized carbons (Fsp3) is 0.938. The second kappa shape index (κ2) is 10.7. The summed E-state index contributed by atoms with van der Waals surface area (Å²) in [5.74, 6) is 0.214. The first-order valence-electron chi connectivity index (χ1n) is 8.33. The van der Waals surface area contributed by atoms with Gasteiger partial charge in [0.25, 0.3) is 0 Å². The maximum Gasteiger partial charge on any atom is 0.237 e. The van der Waals surface area contributed by atoms with Crippen molar-refractivity contribution >= 4 is 30.7 Å². The molecular formula is C16H33Cl2N3O. The summed E-state index contributed by atoms with van der Waals surface area (Å²) < 4.78 is 0. The van der Waals surface area contributed by atoms with Crippen LogP contribution in [0.3, 0.4) is 0 Å². The van der Waals surface area contributed by atoms with E-state index in [0.29, 0.717) is 0 Å². The first-order valence-corrected chi connectivity index (χ1v) is 8.33. The number of piperidine rings is 1. The third-order valence-electron chi connectivity index (χ3n) is 5.07. The maximum absolute atomic E-state index is 12.4. The van der Waals surface area contributed by atoms with Crippen LogP contribution >= 0.6 is 24.8 Å². The van der Waals surface area contributed by atoms with Gasteiger partial charge in [0.2, 0.25) is 5.91 Å². The van der Waals surface area contributed by atoms with Crippen LogP contribution < -0.4 is 10.6 Å². The van der Waals surface area contributed by atoms with Gasteiger partial charge in [-0.1, -0.05) is 19.8 Å². The van der Waals surface area contributed by atoms with Gasteiger partial charge in [-0.2, -0.15) is 0 Å². The lowest BCUT2D eigenvalue weighted by Crippen LogP contribution is -2.49. The van der Waals surface area contributed by atoms with Gasteiger partial charge in [-0.3, -0.25) is 9.69 Å². The molecule has 0 radical (unpaired) electrons. The number of halogens is 2. The molecule has 2 saturated heterocycles. The summed E-state index contributed by atoms with van der Waals surface area (Å²) in [6, 6.07) is 0.0263. The molecule has 0 aromatic rings. The highest BCUT2D eigenvalue weighted by molar-refractivity contribution is 5.85. The van der Waals surface area contributed by atoms with Gasteiger partial charge in [-0.15, -0.1) is 24.8 Å². The molecule has 1 amide bonds. The van der Waals surface area contributed by atoms with Gasteiger partial charge in [0.05, 0.1) is 6.04 Å². The van der Waals surface area contributed by atoms with Gasteiger partial charge in [0, 0.05) is 6.54 Å². The van der Waals surface area contributed by atoms with E-state index < -0.39 is 0 Å². The number of carbonyl (C=O) groups is 1. The summed E-state index contributed by atoms with van der Waals surface area (Å²) in [5, 5.41) is 6.59. The molecule has 0 bridgehead atoms. The van der Waals surface area contributed by atoms with Crippen molar-refractivity contribution in [2.45, 2.75) is 58.4 Å². The van der Waals surface area contributed by atoms with Crippen LogP contribution in [0.25, 0.3) is 0 Å². The van der Waals surface area contributed by atoms with E-state index in [1.807, 2.05) is 0 Å². The zero-order valence-corrected chi connectivity index (χ0v) is 15.7. The van der Waals surface area contributed by atoms with Crippen molar-refractivity contribution in [1.82, 2.24) is 15.5 Å². The van der Waals surface area contributed by atoms with Crippen LogP contribution in [0.5, 0.6) is 0 Å². The molecule has 2 aliphatic heterocycles. The molecule has 2 rings (SSSR count). The number of amides is 1. The Hall–Kier alpha value is -0.0300. The quantitative estimate of drug-likeness (QED) is 0.816. The lowest BCUT2D eigenvalue weighted by molar-refractivity contribution is -0.126. The minimum absolute atomic E-state index is 0. The second-order valence-electron chi connectivity index (χ2n) is 6.90. The van der Waals surface area contributed by atoms with E-state index in [1.165, 1.54) is 25.7 Å². The predicted molar refractivity (Wildman–Crippen MR) is 97.2 cm³/mol. The third kappa shape index (κ3) is 6.61. The average molecular weight is 354 g/mol. The highest BCUT2D eigenvalue weighted by Crippen LogP contribution is 2.26. The van der Waals surface area contributed by atoms with Gasteiger partial charge in [-0.05, 0) is 64.2 Å². The Bertz CT molecular complexity index is 315. The Labute approximate surface area is 148 Å². The van der Waals surface area contributed by atoms with Gasteiger partial charge >= 0.3 is 0 Å². The number of nitrogens with zero attached hydrogens (tertiary/aromatic N) is 1. The van der Waals surface area contributed by atoms with Crippen LogP contribution in [-0.2, 0) is 4.79 Å². The van der Waals surface area contributed by atoms with Crippen LogP contribution in [0.1, 0.15) is 52.4 Å². The Balaban J connectivity index is 0.00000220. The molecule has 1 unspecified atom stereocenters. The lowest BCUT2D eigenvalue weighted by Gasteiger charge is -2.35. The fourth-order valence-electron chi connectivity index (χ4n) is 3.30. The molecule has 2 aliphatic rings. The summed E-state index contributed by atoms with van der Waals surface area (Å²) in [5.41, 5.74) is 0.277. The van der Waals surface area contributed by atoms with Gasteiger partial charge in [-0.25, -0.2) is 0 Å². The number of nitrogens with one attached hydrogen (secondary N) is 2. The Morgan fingerprint density at radius 1 is 1.14 bits per heavy atom. The summed E-state index contributed by atoms with van der Waals surface area (Å²) in [6.45, 7) is 9.50. The highest BCUT2D eigenvalue weighted by Gasteiger charge is 2.29. The molecule has 0 saturated carbocycles. The number of hydrogen-bond donors (Lipinski definition) is 2. The molecule has 2 heterocycles. The van der Waals surface area contributed by atoms with Crippen molar-refractivity contribution in [2.24, 2.45) is 5.41 Å². The molecule has 0 aliphatic carbocycles. The van der Waals surface area contributed by atoms with Gasteiger partial charge in [0.1, 0.15) is 0 Å². The minimum Gasteiger partial charge on any atom is -0.354 e. The number of carbonyl (C=O) groups excluding carboxylic acids is 1. The number of likely N-dealkylation sites (tertiary alicyclic amines) is 1. The summed E-state index contributed by atoms with van der Waals surface area (Å²) in [6.07, 6.45) is 7.42. The van der Waals surface area contributed by atoms with Crippen LogP contribution in [0.4, 0.5) is 0 Å². The Kier molecular flexibility index (Phi) is 10.7. The molecule has 0 aromatic carbocycles. The summed E-state index contributed by atoms with van der Waals surface area (Å²) in [4.78, 5) is 14.7. The predicted octanol–water partition coefficient (Wildman–Crippen LogP) is 2.60. The largest absolute Gasteiger partial charge is 0.354 e. The van der Waals surface area contributed by atoms with Crippen LogP contribution in [0, 0.1) is 5.41 Å². The van der Waals surface area contributed by atoms with Crippen molar-refractivity contribution in [3.05, 3.63) is 0 Å². The Morgan fingerprint density at radius 3 is 2.23 bits per heavy atom. The van der Waals surface area contributed by atoms with Crippen LogP contribution in [0.2, 0.25) is 0 Å². The minimum atomic E-state index is 0. The molecule has 6 heteroatoms. The zero-order chi connectivity index (χ0) is 14.4. The topological polar surface area (TPSA) is 44.4 Å². The van der Waals surface area contributed by atoms with E-state index in [9.17, 15) is 4.79 Å². The Morgan fingerprint density at radius 2 is 1.68 bits per heavy atom.